The Labute approximate surface area is 132 Å². The number of methoxy groups -OCH3 is 1. The number of nitrogens with zero attached hydrogens (tertiary/aromatic N) is 1. The van der Waals surface area contributed by atoms with Gasteiger partial charge in [-0.25, -0.2) is 9.59 Å². The average molecular weight is 332 g/mol. The lowest BCUT2D eigenvalue weighted by atomic mass is 10.2. The minimum Gasteiger partial charge on any atom is -0.444 e. The van der Waals surface area contributed by atoms with Crippen molar-refractivity contribution in [2.24, 2.45) is 0 Å². The van der Waals surface area contributed by atoms with Crippen LogP contribution in [0, 0.1) is 0 Å². The largest absolute Gasteiger partial charge is 0.509 e. The molecule has 0 bridgehead atoms. The van der Waals surface area contributed by atoms with E-state index < -0.39 is 30.1 Å². The zero-order valence-electron chi connectivity index (χ0n) is 13.0. The van der Waals surface area contributed by atoms with Crippen molar-refractivity contribution in [3.8, 4) is 0 Å². The summed E-state index contributed by atoms with van der Waals surface area (Å²) in [5, 5.41) is 2.44. The molecule has 0 aromatic carbocycles. The second-order valence-electron chi connectivity index (χ2n) is 5.99. The summed E-state index contributed by atoms with van der Waals surface area (Å²) >= 11 is 1.50. The van der Waals surface area contributed by atoms with Gasteiger partial charge in [-0.2, -0.15) is 0 Å². The number of hydrogen-bond acceptors (Lipinski definition) is 7. The smallest absolute Gasteiger partial charge is 0.444 e. The summed E-state index contributed by atoms with van der Waals surface area (Å²) in [5.74, 6) is 0.208. The van der Waals surface area contributed by atoms with Crippen molar-refractivity contribution >= 4 is 29.9 Å². The van der Waals surface area contributed by atoms with Crippen LogP contribution in [0.5, 0.6) is 0 Å². The molecule has 8 nitrogen and oxygen atoms in total. The highest BCUT2D eigenvalue weighted by molar-refractivity contribution is 8.00. The molecular formula is C13H20N2O6S. The molecular weight excluding hydrogens is 312 g/mol. The van der Waals surface area contributed by atoms with Gasteiger partial charge in [0.05, 0.1) is 18.2 Å². The van der Waals surface area contributed by atoms with Crippen molar-refractivity contribution in [3.63, 3.8) is 0 Å². The van der Waals surface area contributed by atoms with Gasteiger partial charge in [-0.05, 0) is 20.8 Å². The number of fused-ring (bicyclic) bond motifs is 1. The third-order valence-electron chi connectivity index (χ3n) is 3.13. The Bertz CT molecular complexity index is 478. The SMILES string of the molecule is COC(=O)O[C@@H]1CS[C@@H]2C[C@@H](NC(=O)OC(C)(C)C)C(=O)N12. The molecule has 2 rings (SSSR count). The number of rotatable bonds is 2. The lowest BCUT2D eigenvalue weighted by molar-refractivity contribution is -0.137. The molecule has 2 saturated heterocycles. The topological polar surface area (TPSA) is 94.2 Å². The Hall–Kier alpha value is -1.64. The lowest BCUT2D eigenvalue weighted by Gasteiger charge is -2.23. The molecule has 22 heavy (non-hydrogen) atoms. The van der Waals surface area contributed by atoms with Crippen molar-refractivity contribution in [2.75, 3.05) is 12.9 Å². The molecule has 2 aliphatic heterocycles. The first-order valence-corrected chi connectivity index (χ1v) is 7.94. The molecule has 0 aromatic heterocycles. The fourth-order valence-electron chi connectivity index (χ4n) is 2.31. The third kappa shape index (κ3) is 3.76. The molecule has 124 valence electrons. The van der Waals surface area contributed by atoms with E-state index in [4.69, 9.17) is 9.47 Å². The summed E-state index contributed by atoms with van der Waals surface area (Å²) in [5.41, 5.74) is -0.632. The van der Waals surface area contributed by atoms with Crippen LogP contribution in [0.4, 0.5) is 9.59 Å². The maximum atomic E-state index is 12.4. The highest BCUT2D eigenvalue weighted by Gasteiger charge is 2.49. The summed E-state index contributed by atoms with van der Waals surface area (Å²) in [4.78, 5) is 36.8. The van der Waals surface area contributed by atoms with Crippen LogP contribution in [0.25, 0.3) is 0 Å². The zero-order valence-corrected chi connectivity index (χ0v) is 13.8. The van der Waals surface area contributed by atoms with E-state index in [1.165, 1.54) is 23.8 Å². The van der Waals surface area contributed by atoms with Gasteiger partial charge in [0.1, 0.15) is 11.6 Å². The Morgan fingerprint density at radius 2 is 2.05 bits per heavy atom. The maximum Gasteiger partial charge on any atom is 0.509 e. The lowest BCUT2D eigenvalue weighted by Crippen LogP contribution is -2.46. The van der Waals surface area contributed by atoms with Crippen LogP contribution >= 0.6 is 11.8 Å². The Balaban J connectivity index is 1.95. The average Bonchev–Trinajstić information content (AvgIpc) is 2.90. The second kappa shape index (κ2) is 6.23. The van der Waals surface area contributed by atoms with Gasteiger partial charge in [0.15, 0.2) is 6.23 Å². The van der Waals surface area contributed by atoms with Crippen LogP contribution < -0.4 is 5.32 Å². The number of thioether (sulfide) groups is 1. The van der Waals surface area contributed by atoms with E-state index in [-0.39, 0.29) is 11.3 Å². The summed E-state index contributed by atoms with van der Waals surface area (Å²) < 4.78 is 14.6. The Kier molecular flexibility index (Phi) is 4.74. The van der Waals surface area contributed by atoms with Gasteiger partial charge >= 0.3 is 12.2 Å². The number of carbonyl (C=O) groups excluding carboxylic acids is 3. The molecule has 0 unspecified atom stereocenters. The van der Waals surface area contributed by atoms with Crippen LogP contribution in [0.3, 0.4) is 0 Å². The summed E-state index contributed by atoms with van der Waals surface area (Å²) in [6, 6.07) is -0.670. The number of carbonyl (C=O) groups is 3. The van der Waals surface area contributed by atoms with Crippen LogP contribution in [0.1, 0.15) is 27.2 Å². The predicted molar refractivity (Wildman–Crippen MR) is 78.1 cm³/mol. The van der Waals surface area contributed by atoms with E-state index >= 15 is 0 Å². The molecule has 0 aliphatic carbocycles. The van der Waals surface area contributed by atoms with Crippen molar-refractivity contribution in [1.29, 1.82) is 0 Å². The summed E-state index contributed by atoms with van der Waals surface area (Å²) in [7, 11) is 1.21. The van der Waals surface area contributed by atoms with Crippen LogP contribution in [0.2, 0.25) is 0 Å². The van der Waals surface area contributed by atoms with Crippen molar-refractivity contribution in [3.05, 3.63) is 0 Å². The molecule has 9 heteroatoms. The van der Waals surface area contributed by atoms with Crippen LogP contribution in [-0.2, 0) is 19.0 Å². The Morgan fingerprint density at radius 1 is 1.36 bits per heavy atom. The molecule has 1 N–H and O–H groups in total. The molecule has 3 atom stereocenters. The van der Waals surface area contributed by atoms with Crippen molar-refractivity contribution < 1.29 is 28.6 Å². The zero-order chi connectivity index (χ0) is 16.5. The highest BCUT2D eigenvalue weighted by Crippen LogP contribution is 2.38. The molecule has 0 radical (unpaired) electrons. The van der Waals surface area contributed by atoms with E-state index in [2.05, 4.69) is 10.1 Å². The van der Waals surface area contributed by atoms with Crippen molar-refractivity contribution in [2.45, 2.75) is 50.4 Å². The van der Waals surface area contributed by atoms with E-state index in [1.54, 1.807) is 20.8 Å². The summed E-state index contributed by atoms with van der Waals surface area (Å²) in [6.45, 7) is 5.24. The molecule has 0 saturated carbocycles. The maximum absolute atomic E-state index is 12.4. The van der Waals surface area contributed by atoms with Crippen LogP contribution in [0.15, 0.2) is 0 Å². The third-order valence-corrected chi connectivity index (χ3v) is 4.41. The standard InChI is InChI=1S/C13H20N2O6S/c1-13(2,3)21-11(17)14-7-5-9-15(10(7)16)8(6-22-9)20-12(18)19-4/h7-9H,5-6H2,1-4H3,(H,14,17)/t7-,8-,9-/m1/s1. The number of amides is 2. The predicted octanol–water partition coefficient (Wildman–Crippen LogP) is 1.29. The number of nitrogens with one attached hydrogen (secondary N) is 1. The van der Waals surface area contributed by atoms with Gasteiger partial charge in [-0.1, -0.05) is 0 Å². The van der Waals surface area contributed by atoms with E-state index in [0.29, 0.717) is 12.2 Å². The molecule has 2 amide bonds. The van der Waals surface area contributed by atoms with Gasteiger partial charge in [-0.15, -0.1) is 11.8 Å². The van der Waals surface area contributed by atoms with Crippen molar-refractivity contribution in [1.82, 2.24) is 10.2 Å². The fraction of sp³-hybridized carbons (Fsp3) is 0.769. The normalized spacial score (nSPS) is 27.4. The van der Waals surface area contributed by atoms with Crippen LogP contribution in [-0.4, -0.2) is 59.2 Å². The molecule has 2 aliphatic rings. The quantitative estimate of drug-likeness (QED) is 0.762. The first-order chi connectivity index (χ1) is 10.2. The van der Waals surface area contributed by atoms with E-state index in [1.807, 2.05) is 0 Å². The first-order valence-electron chi connectivity index (χ1n) is 6.89. The van der Waals surface area contributed by atoms with Gasteiger partial charge in [0.25, 0.3) is 0 Å². The molecule has 0 spiro atoms. The van der Waals surface area contributed by atoms with Gasteiger partial charge < -0.3 is 19.5 Å². The number of ether oxygens (including phenoxy) is 3. The van der Waals surface area contributed by atoms with Gasteiger partial charge in [0, 0.05) is 6.42 Å². The fourth-order valence-corrected chi connectivity index (χ4v) is 3.65. The minimum absolute atomic E-state index is 0.123. The summed E-state index contributed by atoms with van der Waals surface area (Å²) in [6.07, 6.45) is -1.69. The van der Waals surface area contributed by atoms with E-state index in [9.17, 15) is 14.4 Å². The number of alkyl carbamates (subject to hydrolysis) is 1. The minimum atomic E-state index is -0.831. The van der Waals surface area contributed by atoms with E-state index in [0.717, 1.165) is 0 Å². The molecule has 0 aromatic rings. The monoisotopic (exact) mass is 332 g/mol. The highest BCUT2D eigenvalue weighted by atomic mass is 32.2. The molecule has 2 fully saturated rings. The molecule has 2 heterocycles. The van der Waals surface area contributed by atoms with Gasteiger partial charge in [0.2, 0.25) is 5.91 Å². The Morgan fingerprint density at radius 3 is 2.64 bits per heavy atom. The second-order valence-corrected chi connectivity index (χ2v) is 7.21. The first kappa shape index (κ1) is 16.7. The van der Waals surface area contributed by atoms with Gasteiger partial charge in [-0.3, -0.25) is 9.69 Å². The number of hydrogen-bond donors (Lipinski definition) is 1.